The number of carbonyl (C=O) groups excluding carboxylic acids is 1. The van der Waals surface area contributed by atoms with Crippen molar-refractivity contribution in [3.05, 3.63) is 51.6 Å². The molecule has 0 aliphatic rings. The Bertz CT molecular complexity index is 611. The normalized spacial score (nSPS) is 9.95. The number of hydrogen-bond donors (Lipinski definition) is 1. The Morgan fingerprint density at radius 3 is 2.25 bits per heavy atom. The van der Waals surface area contributed by atoms with Gasteiger partial charge in [0, 0.05) is 20.9 Å². The van der Waals surface area contributed by atoms with Gasteiger partial charge < -0.3 is 14.8 Å². The van der Waals surface area contributed by atoms with E-state index >= 15 is 0 Å². The van der Waals surface area contributed by atoms with E-state index in [1.54, 1.807) is 44.6 Å². The van der Waals surface area contributed by atoms with Gasteiger partial charge in [-0.25, -0.2) is 0 Å². The van der Waals surface area contributed by atoms with E-state index in [9.17, 15) is 4.79 Å². The van der Waals surface area contributed by atoms with Crippen LogP contribution in [0, 0.1) is 3.57 Å². The van der Waals surface area contributed by atoms with Crippen molar-refractivity contribution in [2.24, 2.45) is 0 Å². The zero-order valence-electron chi connectivity index (χ0n) is 11.1. The fourth-order valence-electron chi connectivity index (χ4n) is 1.72. The third-order valence-corrected chi connectivity index (χ3v) is 3.47. The lowest BCUT2D eigenvalue weighted by molar-refractivity contribution is 0.102. The first-order valence-corrected chi connectivity index (χ1v) is 7.01. The van der Waals surface area contributed by atoms with Gasteiger partial charge in [-0.05, 0) is 59.0 Å². The SMILES string of the molecule is COc1ccc(NC(=O)c2ccc(I)cc2)cc1OC. The van der Waals surface area contributed by atoms with E-state index in [-0.39, 0.29) is 5.91 Å². The summed E-state index contributed by atoms with van der Waals surface area (Å²) in [5, 5.41) is 2.83. The van der Waals surface area contributed by atoms with Gasteiger partial charge in [-0.3, -0.25) is 4.79 Å². The van der Waals surface area contributed by atoms with E-state index in [1.807, 2.05) is 12.1 Å². The standard InChI is InChI=1S/C15H14INO3/c1-19-13-8-7-12(9-14(13)20-2)17-15(18)10-3-5-11(16)6-4-10/h3-9H,1-2H3,(H,17,18). The van der Waals surface area contributed by atoms with Crippen molar-refractivity contribution < 1.29 is 14.3 Å². The molecule has 0 aliphatic heterocycles. The first-order chi connectivity index (χ1) is 9.63. The molecule has 2 rings (SSSR count). The maximum absolute atomic E-state index is 12.1. The highest BCUT2D eigenvalue weighted by molar-refractivity contribution is 14.1. The molecule has 2 aromatic carbocycles. The van der Waals surface area contributed by atoms with Crippen LogP contribution in [-0.2, 0) is 0 Å². The summed E-state index contributed by atoms with van der Waals surface area (Å²) in [6.45, 7) is 0. The lowest BCUT2D eigenvalue weighted by atomic mass is 10.2. The molecule has 0 atom stereocenters. The summed E-state index contributed by atoms with van der Waals surface area (Å²) in [6, 6.07) is 12.6. The second-order valence-electron chi connectivity index (χ2n) is 4.03. The molecule has 2 aromatic rings. The largest absolute Gasteiger partial charge is 0.493 e. The lowest BCUT2D eigenvalue weighted by Crippen LogP contribution is -2.11. The number of methoxy groups -OCH3 is 2. The van der Waals surface area contributed by atoms with Gasteiger partial charge in [0.05, 0.1) is 14.2 Å². The minimum absolute atomic E-state index is 0.159. The smallest absolute Gasteiger partial charge is 0.255 e. The first kappa shape index (κ1) is 14.6. The third-order valence-electron chi connectivity index (χ3n) is 2.75. The highest BCUT2D eigenvalue weighted by Crippen LogP contribution is 2.29. The minimum atomic E-state index is -0.159. The van der Waals surface area contributed by atoms with Gasteiger partial charge in [0.2, 0.25) is 0 Å². The second kappa shape index (κ2) is 6.60. The second-order valence-corrected chi connectivity index (χ2v) is 5.28. The maximum atomic E-state index is 12.1. The predicted octanol–water partition coefficient (Wildman–Crippen LogP) is 3.56. The Labute approximate surface area is 131 Å². The van der Waals surface area contributed by atoms with Gasteiger partial charge in [0.1, 0.15) is 0 Å². The van der Waals surface area contributed by atoms with Crippen LogP contribution in [0.1, 0.15) is 10.4 Å². The monoisotopic (exact) mass is 383 g/mol. The average molecular weight is 383 g/mol. The molecule has 1 amide bonds. The number of rotatable bonds is 4. The third kappa shape index (κ3) is 3.41. The van der Waals surface area contributed by atoms with Crippen molar-refractivity contribution in [3.8, 4) is 11.5 Å². The van der Waals surface area contributed by atoms with Crippen molar-refractivity contribution >= 4 is 34.2 Å². The van der Waals surface area contributed by atoms with Gasteiger partial charge in [-0.1, -0.05) is 0 Å². The molecule has 104 valence electrons. The summed E-state index contributed by atoms with van der Waals surface area (Å²) < 4.78 is 11.4. The van der Waals surface area contributed by atoms with E-state index in [4.69, 9.17) is 9.47 Å². The van der Waals surface area contributed by atoms with Gasteiger partial charge >= 0.3 is 0 Å². The number of amides is 1. The minimum Gasteiger partial charge on any atom is -0.493 e. The summed E-state index contributed by atoms with van der Waals surface area (Å²) in [6.07, 6.45) is 0. The first-order valence-electron chi connectivity index (χ1n) is 5.93. The maximum Gasteiger partial charge on any atom is 0.255 e. The number of carbonyl (C=O) groups is 1. The molecule has 5 heteroatoms. The van der Waals surface area contributed by atoms with Crippen LogP contribution in [0.5, 0.6) is 11.5 Å². The summed E-state index contributed by atoms with van der Waals surface area (Å²) in [5.41, 5.74) is 1.27. The van der Waals surface area contributed by atoms with Crippen LogP contribution >= 0.6 is 22.6 Å². The zero-order valence-corrected chi connectivity index (χ0v) is 13.3. The van der Waals surface area contributed by atoms with Crippen molar-refractivity contribution in [1.29, 1.82) is 0 Å². The Morgan fingerprint density at radius 2 is 1.65 bits per heavy atom. The zero-order chi connectivity index (χ0) is 14.5. The molecule has 0 heterocycles. The Morgan fingerprint density at radius 1 is 1.00 bits per heavy atom. The number of nitrogens with one attached hydrogen (secondary N) is 1. The van der Waals surface area contributed by atoms with E-state index in [2.05, 4.69) is 27.9 Å². The summed E-state index contributed by atoms with van der Waals surface area (Å²) in [7, 11) is 3.13. The summed E-state index contributed by atoms with van der Waals surface area (Å²) in [5.74, 6) is 1.04. The van der Waals surface area contributed by atoms with Crippen molar-refractivity contribution in [3.63, 3.8) is 0 Å². The topological polar surface area (TPSA) is 47.6 Å². The molecular formula is C15H14INO3. The molecule has 20 heavy (non-hydrogen) atoms. The molecule has 0 saturated carbocycles. The van der Waals surface area contributed by atoms with Crippen LogP contribution in [0.15, 0.2) is 42.5 Å². The molecule has 0 unspecified atom stereocenters. The van der Waals surface area contributed by atoms with E-state index < -0.39 is 0 Å². The number of ether oxygens (including phenoxy) is 2. The van der Waals surface area contributed by atoms with Crippen LogP contribution < -0.4 is 14.8 Å². The Kier molecular flexibility index (Phi) is 4.84. The van der Waals surface area contributed by atoms with Crippen LogP contribution in [0.25, 0.3) is 0 Å². The van der Waals surface area contributed by atoms with Crippen LogP contribution in [0.3, 0.4) is 0 Å². The van der Waals surface area contributed by atoms with E-state index in [1.165, 1.54) is 0 Å². The summed E-state index contributed by atoms with van der Waals surface area (Å²) in [4.78, 5) is 12.1. The van der Waals surface area contributed by atoms with Gasteiger partial charge in [-0.15, -0.1) is 0 Å². The van der Waals surface area contributed by atoms with E-state index in [0.29, 0.717) is 22.7 Å². The van der Waals surface area contributed by atoms with Crippen LogP contribution in [0.2, 0.25) is 0 Å². The number of halogens is 1. The number of benzene rings is 2. The predicted molar refractivity (Wildman–Crippen MR) is 86.7 cm³/mol. The van der Waals surface area contributed by atoms with Gasteiger partial charge in [-0.2, -0.15) is 0 Å². The number of hydrogen-bond acceptors (Lipinski definition) is 3. The molecule has 0 spiro atoms. The van der Waals surface area contributed by atoms with E-state index in [0.717, 1.165) is 3.57 Å². The molecule has 4 nitrogen and oxygen atoms in total. The molecule has 0 bridgehead atoms. The highest BCUT2D eigenvalue weighted by atomic mass is 127. The summed E-state index contributed by atoms with van der Waals surface area (Å²) >= 11 is 2.20. The number of anilines is 1. The molecule has 0 saturated heterocycles. The molecular weight excluding hydrogens is 369 g/mol. The van der Waals surface area contributed by atoms with Crippen molar-refractivity contribution in [1.82, 2.24) is 0 Å². The van der Waals surface area contributed by atoms with Crippen LogP contribution in [0.4, 0.5) is 5.69 Å². The fraction of sp³-hybridized carbons (Fsp3) is 0.133. The van der Waals surface area contributed by atoms with Gasteiger partial charge in [0.25, 0.3) is 5.91 Å². The van der Waals surface area contributed by atoms with Crippen molar-refractivity contribution in [2.45, 2.75) is 0 Å². The lowest BCUT2D eigenvalue weighted by Gasteiger charge is -2.10. The Hall–Kier alpha value is -1.76. The van der Waals surface area contributed by atoms with Crippen molar-refractivity contribution in [2.75, 3.05) is 19.5 Å². The fourth-order valence-corrected chi connectivity index (χ4v) is 2.08. The van der Waals surface area contributed by atoms with Gasteiger partial charge in [0.15, 0.2) is 11.5 Å². The molecule has 0 fully saturated rings. The molecule has 0 aromatic heterocycles. The Balaban J connectivity index is 2.17. The molecule has 0 aliphatic carbocycles. The average Bonchev–Trinajstić information content (AvgIpc) is 2.47. The molecule has 0 radical (unpaired) electrons. The van der Waals surface area contributed by atoms with Crippen LogP contribution in [-0.4, -0.2) is 20.1 Å². The molecule has 1 N–H and O–H groups in total. The quantitative estimate of drug-likeness (QED) is 0.822. The highest BCUT2D eigenvalue weighted by Gasteiger charge is 2.09.